The molecule has 6 heteroatoms. The number of aryl methyl sites for hydroxylation is 1. The van der Waals surface area contributed by atoms with E-state index in [0.717, 1.165) is 35.5 Å². The van der Waals surface area contributed by atoms with Crippen LogP contribution in [0.5, 0.6) is 0 Å². The Bertz CT molecular complexity index is 570. The van der Waals surface area contributed by atoms with E-state index in [1.54, 1.807) is 18.4 Å². The van der Waals surface area contributed by atoms with Gasteiger partial charge in [0.2, 0.25) is 5.95 Å². The minimum atomic E-state index is 0.308. The third-order valence-electron chi connectivity index (χ3n) is 3.15. The van der Waals surface area contributed by atoms with Crippen LogP contribution < -0.4 is 10.6 Å². The van der Waals surface area contributed by atoms with Gasteiger partial charge in [0.25, 0.3) is 0 Å². The molecule has 0 aliphatic rings. The van der Waals surface area contributed by atoms with Crippen LogP contribution in [0.1, 0.15) is 25.1 Å². The fraction of sp³-hybridized carbons (Fsp3) is 0.571. The maximum Gasteiger partial charge on any atom is 0.225 e. The number of thiophene rings is 1. The minimum absolute atomic E-state index is 0.308. The summed E-state index contributed by atoms with van der Waals surface area (Å²) in [5.41, 5.74) is 0. The zero-order valence-corrected chi connectivity index (χ0v) is 13.3. The van der Waals surface area contributed by atoms with Gasteiger partial charge in [-0.05, 0) is 25.8 Å². The zero-order valence-electron chi connectivity index (χ0n) is 12.5. The summed E-state index contributed by atoms with van der Waals surface area (Å²) in [6, 6.07) is 2.49. The van der Waals surface area contributed by atoms with Crippen molar-refractivity contribution in [3.8, 4) is 0 Å². The lowest BCUT2D eigenvalue weighted by Gasteiger charge is -2.15. The summed E-state index contributed by atoms with van der Waals surface area (Å²) in [6.45, 7) is 5.04. The van der Waals surface area contributed by atoms with E-state index in [1.165, 1.54) is 4.88 Å². The van der Waals surface area contributed by atoms with Crippen molar-refractivity contribution in [1.82, 2.24) is 9.97 Å². The quantitative estimate of drug-likeness (QED) is 0.821. The van der Waals surface area contributed by atoms with Crippen molar-refractivity contribution >= 4 is 33.3 Å². The number of nitrogens with one attached hydrogen (secondary N) is 2. The highest BCUT2D eigenvalue weighted by molar-refractivity contribution is 7.18. The molecule has 0 aliphatic heterocycles. The van der Waals surface area contributed by atoms with E-state index in [-0.39, 0.29) is 0 Å². The average Bonchev–Trinajstić information content (AvgIpc) is 2.88. The Hall–Kier alpha value is -1.40. The molecule has 2 aromatic heterocycles. The van der Waals surface area contributed by atoms with Crippen LogP contribution in [0.15, 0.2) is 6.07 Å². The Morgan fingerprint density at radius 1 is 1.40 bits per heavy atom. The Labute approximate surface area is 123 Å². The molecule has 1 unspecified atom stereocenters. The van der Waals surface area contributed by atoms with E-state index >= 15 is 0 Å². The van der Waals surface area contributed by atoms with Crippen LogP contribution in [0, 0.1) is 0 Å². The lowest BCUT2D eigenvalue weighted by Crippen LogP contribution is -2.18. The molecule has 0 saturated carbocycles. The molecule has 2 rings (SSSR count). The number of hydrogen-bond acceptors (Lipinski definition) is 6. The van der Waals surface area contributed by atoms with E-state index < -0.39 is 0 Å². The minimum Gasteiger partial charge on any atom is -0.385 e. The summed E-state index contributed by atoms with van der Waals surface area (Å²) in [7, 11) is 3.56. The van der Waals surface area contributed by atoms with Crippen LogP contribution in [-0.2, 0) is 11.2 Å². The first-order valence-corrected chi connectivity index (χ1v) is 7.73. The molecule has 1 atom stereocenters. The van der Waals surface area contributed by atoms with Crippen molar-refractivity contribution in [2.75, 3.05) is 31.4 Å². The van der Waals surface area contributed by atoms with Crippen molar-refractivity contribution in [3.63, 3.8) is 0 Å². The smallest absolute Gasteiger partial charge is 0.225 e. The van der Waals surface area contributed by atoms with Gasteiger partial charge in [0.05, 0.1) is 5.39 Å². The van der Waals surface area contributed by atoms with Crippen molar-refractivity contribution in [1.29, 1.82) is 0 Å². The van der Waals surface area contributed by atoms with Crippen LogP contribution in [0.25, 0.3) is 10.2 Å². The Kier molecular flexibility index (Phi) is 5.14. The second-order valence-electron chi connectivity index (χ2n) is 4.76. The van der Waals surface area contributed by atoms with Gasteiger partial charge in [-0.25, -0.2) is 4.98 Å². The van der Waals surface area contributed by atoms with Crippen LogP contribution in [0.3, 0.4) is 0 Å². The highest BCUT2D eigenvalue weighted by Gasteiger charge is 2.12. The molecule has 20 heavy (non-hydrogen) atoms. The van der Waals surface area contributed by atoms with E-state index in [1.807, 2.05) is 7.05 Å². The lowest BCUT2D eigenvalue weighted by molar-refractivity contribution is 0.191. The number of rotatable bonds is 7. The number of aromatic nitrogens is 2. The monoisotopic (exact) mass is 294 g/mol. The Morgan fingerprint density at radius 3 is 2.85 bits per heavy atom. The van der Waals surface area contributed by atoms with Crippen molar-refractivity contribution in [3.05, 3.63) is 10.9 Å². The lowest BCUT2D eigenvalue weighted by atomic mass is 10.2. The molecule has 0 bridgehead atoms. The normalized spacial score (nSPS) is 12.6. The van der Waals surface area contributed by atoms with Crippen LogP contribution >= 0.6 is 11.3 Å². The maximum absolute atomic E-state index is 5.12. The molecule has 5 nitrogen and oxygen atoms in total. The molecule has 110 valence electrons. The number of anilines is 2. The molecule has 0 amide bonds. The van der Waals surface area contributed by atoms with Gasteiger partial charge >= 0.3 is 0 Å². The first kappa shape index (κ1) is 15.0. The van der Waals surface area contributed by atoms with Crippen LogP contribution in [-0.4, -0.2) is 36.8 Å². The van der Waals surface area contributed by atoms with E-state index in [2.05, 4.69) is 40.5 Å². The van der Waals surface area contributed by atoms with Crippen LogP contribution in [0.2, 0.25) is 0 Å². The number of fused-ring (bicyclic) bond motifs is 1. The number of nitrogens with zero attached hydrogens (tertiary/aromatic N) is 2. The fourth-order valence-corrected chi connectivity index (χ4v) is 2.93. The summed E-state index contributed by atoms with van der Waals surface area (Å²) >= 11 is 1.73. The molecule has 0 radical (unpaired) electrons. The summed E-state index contributed by atoms with van der Waals surface area (Å²) in [4.78, 5) is 11.4. The first-order chi connectivity index (χ1) is 9.67. The maximum atomic E-state index is 5.12. The van der Waals surface area contributed by atoms with E-state index in [9.17, 15) is 0 Å². The topological polar surface area (TPSA) is 59.1 Å². The predicted molar refractivity (Wildman–Crippen MR) is 85.9 cm³/mol. The molecular formula is C14H22N4OS. The Morgan fingerprint density at radius 2 is 2.20 bits per heavy atom. The zero-order chi connectivity index (χ0) is 14.5. The number of ether oxygens (including phenoxy) is 1. The standard InChI is InChI=1S/C14H22N4OS/c1-5-10-8-11-12(16-9(2)6-7-19-4)17-14(15-3)18-13(11)20-10/h8-9H,5-7H2,1-4H3,(H2,15,16,17,18). The van der Waals surface area contributed by atoms with Gasteiger partial charge in [-0.3, -0.25) is 0 Å². The molecule has 0 saturated heterocycles. The summed E-state index contributed by atoms with van der Waals surface area (Å²) < 4.78 is 5.12. The van der Waals surface area contributed by atoms with Gasteiger partial charge in [0, 0.05) is 31.7 Å². The fourth-order valence-electron chi connectivity index (χ4n) is 1.97. The van der Waals surface area contributed by atoms with Crippen molar-refractivity contribution in [2.45, 2.75) is 32.7 Å². The summed E-state index contributed by atoms with van der Waals surface area (Å²) in [5.74, 6) is 1.56. The highest BCUT2D eigenvalue weighted by atomic mass is 32.1. The average molecular weight is 294 g/mol. The third-order valence-corrected chi connectivity index (χ3v) is 4.33. The molecule has 2 aromatic rings. The van der Waals surface area contributed by atoms with Crippen molar-refractivity contribution < 1.29 is 4.74 Å². The van der Waals surface area contributed by atoms with Gasteiger partial charge < -0.3 is 15.4 Å². The number of hydrogen-bond donors (Lipinski definition) is 2. The molecule has 0 spiro atoms. The van der Waals surface area contributed by atoms with Gasteiger partial charge in [-0.2, -0.15) is 4.98 Å². The summed E-state index contributed by atoms with van der Waals surface area (Å²) in [6.07, 6.45) is 1.97. The molecule has 0 fully saturated rings. The molecular weight excluding hydrogens is 272 g/mol. The second kappa shape index (κ2) is 6.85. The third kappa shape index (κ3) is 3.37. The molecule has 0 aliphatic carbocycles. The van der Waals surface area contributed by atoms with Gasteiger partial charge in [0.15, 0.2) is 0 Å². The summed E-state index contributed by atoms with van der Waals surface area (Å²) in [5, 5.41) is 7.60. The second-order valence-corrected chi connectivity index (χ2v) is 5.87. The van der Waals surface area contributed by atoms with Gasteiger partial charge in [-0.1, -0.05) is 6.92 Å². The van der Waals surface area contributed by atoms with Crippen LogP contribution in [0.4, 0.5) is 11.8 Å². The molecule has 0 aromatic carbocycles. The van der Waals surface area contributed by atoms with E-state index in [4.69, 9.17) is 4.74 Å². The Balaban J connectivity index is 2.31. The van der Waals surface area contributed by atoms with E-state index in [0.29, 0.717) is 12.0 Å². The number of methoxy groups -OCH3 is 1. The van der Waals surface area contributed by atoms with Gasteiger partial charge in [0.1, 0.15) is 10.6 Å². The SMILES string of the molecule is CCc1cc2c(NC(C)CCOC)nc(NC)nc2s1. The molecule has 2 heterocycles. The largest absolute Gasteiger partial charge is 0.385 e. The highest BCUT2D eigenvalue weighted by Crippen LogP contribution is 2.30. The van der Waals surface area contributed by atoms with Crippen molar-refractivity contribution in [2.24, 2.45) is 0 Å². The first-order valence-electron chi connectivity index (χ1n) is 6.91. The molecule has 2 N–H and O–H groups in total. The van der Waals surface area contributed by atoms with Gasteiger partial charge in [-0.15, -0.1) is 11.3 Å². The predicted octanol–water partition coefficient (Wildman–Crippen LogP) is 3.13.